The summed E-state index contributed by atoms with van der Waals surface area (Å²) in [6.45, 7) is 4.28. The molecular weight excluding hydrogens is 304 g/mol. The Morgan fingerprint density at radius 2 is 1.87 bits per heavy atom. The molecule has 130 valence electrons. The number of aliphatic hydroxyl groups is 2. The van der Waals surface area contributed by atoms with Crippen LogP contribution >= 0.6 is 0 Å². The number of methoxy groups -OCH3 is 1. The molecule has 23 heavy (non-hydrogen) atoms. The van der Waals surface area contributed by atoms with Crippen molar-refractivity contribution in [3.63, 3.8) is 0 Å². The fourth-order valence-electron chi connectivity index (χ4n) is 1.24. The third-order valence-electron chi connectivity index (χ3n) is 2.25. The zero-order valence-electron chi connectivity index (χ0n) is 13.2. The van der Waals surface area contributed by atoms with Crippen molar-refractivity contribution in [1.82, 2.24) is 0 Å². The van der Waals surface area contributed by atoms with E-state index in [-0.39, 0.29) is 13.2 Å². The Hall–Kier alpha value is -1.93. The molecule has 0 saturated heterocycles. The number of para-hydroxylation sites is 1. The Labute approximate surface area is 136 Å². The van der Waals surface area contributed by atoms with Gasteiger partial charge in [0, 0.05) is 6.08 Å². The molecule has 0 amide bonds. The second kappa shape index (κ2) is 15.0. The summed E-state index contributed by atoms with van der Waals surface area (Å²) in [6.07, 6.45) is 0.121. The van der Waals surface area contributed by atoms with Crippen LogP contribution in [-0.4, -0.2) is 62.6 Å². The van der Waals surface area contributed by atoms with Gasteiger partial charge in [0.25, 0.3) is 0 Å². The molecule has 1 unspecified atom stereocenters. The van der Waals surface area contributed by atoms with Gasteiger partial charge in [0.15, 0.2) is 0 Å². The molecule has 0 aromatic heterocycles. The zero-order chi connectivity index (χ0) is 17.3. The molecule has 7 heteroatoms. The molecule has 2 N–H and O–H groups in total. The van der Waals surface area contributed by atoms with Gasteiger partial charge >= 0.3 is 5.97 Å². The lowest BCUT2D eigenvalue weighted by molar-refractivity contribution is -0.134. The molecule has 0 aliphatic heterocycles. The molecule has 1 aromatic carbocycles. The van der Waals surface area contributed by atoms with E-state index in [2.05, 4.69) is 11.3 Å². The molecule has 0 aliphatic rings. The molecule has 7 nitrogen and oxygen atoms in total. The van der Waals surface area contributed by atoms with E-state index in [1.54, 1.807) is 12.1 Å². The van der Waals surface area contributed by atoms with Gasteiger partial charge in [-0.3, -0.25) is 0 Å². The van der Waals surface area contributed by atoms with E-state index < -0.39 is 12.3 Å². The molecule has 0 saturated carbocycles. The quantitative estimate of drug-likeness (QED) is 0.283. The lowest BCUT2D eigenvalue weighted by Crippen LogP contribution is -2.23. The summed E-state index contributed by atoms with van der Waals surface area (Å²) < 4.78 is 19.5. The van der Waals surface area contributed by atoms with Crippen molar-refractivity contribution in [3.8, 4) is 5.75 Å². The minimum atomic E-state index is -0.991. The van der Waals surface area contributed by atoms with Gasteiger partial charge in [-0.15, -0.1) is 0 Å². The maximum absolute atomic E-state index is 9.84. The van der Waals surface area contributed by atoms with E-state index in [9.17, 15) is 9.90 Å². The summed E-state index contributed by atoms with van der Waals surface area (Å²) in [5.74, 6) is 0.204. The fourth-order valence-corrected chi connectivity index (χ4v) is 1.24. The summed E-state index contributed by atoms with van der Waals surface area (Å²) in [5.41, 5.74) is 0. The van der Waals surface area contributed by atoms with E-state index in [1.807, 2.05) is 18.2 Å². The number of carbonyl (C=O) groups excluding carboxylic acids is 1. The predicted octanol–water partition coefficient (Wildman–Crippen LogP) is 0.755. The van der Waals surface area contributed by atoms with Gasteiger partial charge in [0.1, 0.15) is 12.4 Å². The molecular formula is C16H24O7. The number of rotatable bonds is 10. The summed E-state index contributed by atoms with van der Waals surface area (Å²) >= 11 is 0. The molecule has 0 heterocycles. The summed E-state index contributed by atoms with van der Waals surface area (Å²) in [4.78, 5) is 9.84. The van der Waals surface area contributed by atoms with Crippen LogP contribution in [-0.2, 0) is 19.0 Å². The van der Waals surface area contributed by atoms with Gasteiger partial charge in [0.05, 0.1) is 33.5 Å². The second-order valence-corrected chi connectivity index (χ2v) is 4.02. The normalized spacial score (nSPS) is 10.9. The molecule has 0 spiro atoms. The average Bonchev–Trinajstić information content (AvgIpc) is 2.58. The molecule has 0 fully saturated rings. The van der Waals surface area contributed by atoms with Crippen LogP contribution < -0.4 is 4.74 Å². The first kappa shape index (κ1) is 21.1. The van der Waals surface area contributed by atoms with Crippen LogP contribution in [0.4, 0.5) is 0 Å². The smallest absolute Gasteiger partial charge is 0.329 e. The van der Waals surface area contributed by atoms with E-state index in [4.69, 9.17) is 19.3 Å². The van der Waals surface area contributed by atoms with Crippen LogP contribution in [0.5, 0.6) is 5.75 Å². The van der Waals surface area contributed by atoms with Gasteiger partial charge in [0.2, 0.25) is 6.29 Å². The van der Waals surface area contributed by atoms with Crippen molar-refractivity contribution in [2.24, 2.45) is 0 Å². The summed E-state index contributed by atoms with van der Waals surface area (Å²) in [5, 5.41) is 17.9. The van der Waals surface area contributed by atoms with E-state index in [0.717, 1.165) is 6.08 Å². The minimum Gasteiger partial charge on any atom is -0.466 e. The van der Waals surface area contributed by atoms with Crippen LogP contribution in [0.3, 0.4) is 0 Å². The number of aliphatic hydroxyl groups excluding tert-OH is 2. The largest absolute Gasteiger partial charge is 0.466 e. The highest BCUT2D eigenvalue weighted by atomic mass is 16.6. The van der Waals surface area contributed by atoms with Crippen molar-refractivity contribution in [1.29, 1.82) is 0 Å². The van der Waals surface area contributed by atoms with Gasteiger partial charge in [-0.1, -0.05) is 24.8 Å². The van der Waals surface area contributed by atoms with Crippen LogP contribution in [0.2, 0.25) is 0 Å². The Balaban J connectivity index is 0.000000688. The summed E-state index contributed by atoms with van der Waals surface area (Å²) in [7, 11) is 1.31. The van der Waals surface area contributed by atoms with Crippen LogP contribution in [0.25, 0.3) is 0 Å². The van der Waals surface area contributed by atoms with Gasteiger partial charge in [-0.25, -0.2) is 4.79 Å². The number of esters is 1. The summed E-state index contributed by atoms with van der Waals surface area (Å²) in [6, 6.07) is 9.03. The first-order valence-electron chi connectivity index (χ1n) is 7.00. The van der Waals surface area contributed by atoms with Crippen LogP contribution in [0, 0.1) is 0 Å². The number of ether oxygens (including phenoxy) is 4. The Morgan fingerprint density at radius 3 is 2.39 bits per heavy atom. The monoisotopic (exact) mass is 328 g/mol. The highest BCUT2D eigenvalue weighted by Gasteiger charge is 2.05. The third-order valence-corrected chi connectivity index (χ3v) is 2.25. The van der Waals surface area contributed by atoms with E-state index >= 15 is 0 Å². The van der Waals surface area contributed by atoms with Crippen LogP contribution in [0.1, 0.15) is 0 Å². The lowest BCUT2D eigenvalue weighted by atomic mass is 10.3. The number of hydrogen-bond acceptors (Lipinski definition) is 7. The Bertz CT molecular complexity index is 408. The Morgan fingerprint density at radius 1 is 1.22 bits per heavy atom. The average molecular weight is 328 g/mol. The fraction of sp³-hybridized carbons (Fsp3) is 0.438. The van der Waals surface area contributed by atoms with Gasteiger partial charge in [-0.05, 0) is 12.1 Å². The second-order valence-electron chi connectivity index (χ2n) is 4.02. The number of hydrogen-bond donors (Lipinski definition) is 2. The van der Waals surface area contributed by atoms with Crippen molar-refractivity contribution in [3.05, 3.63) is 43.0 Å². The van der Waals surface area contributed by atoms with Crippen molar-refractivity contribution < 1.29 is 34.0 Å². The third kappa shape index (κ3) is 13.5. The maximum atomic E-state index is 9.84. The SMILES string of the molecule is C=CC(=O)OC.OCCOCCOCC(O)Oc1ccccc1. The molecule has 0 bridgehead atoms. The first-order valence-corrected chi connectivity index (χ1v) is 7.00. The van der Waals surface area contributed by atoms with Crippen LogP contribution in [0.15, 0.2) is 43.0 Å². The van der Waals surface area contributed by atoms with Gasteiger partial charge < -0.3 is 29.2 Å². The molecule has 0 aliphatic carbocycles. The number of carbonyl (C=O) groups is 1. The van der Waals surface area contributed by atoms with E-state index in [0.29, 0.717) is 25.6 Å². The van der Waals surface area contributed by atoms with Gasteiger partial charge in [-0.2, -0.15) is 0 Å². The Kier molecular flexibility index (Phi) is 13.7. The standard InChI is InChI=1S/C12H18O5.C4H6O2/c13-6-7-15-8-9-16-10-12(14)17-11-4-2-1-3-5-11;1-3-4(5)6-2/h1-5,12-14H,6-10H2;3H,1H2,2H3. The zero-order valence-corrected chi connectivity index (χ0v) is 13.2. The van der Waals surface area contributed by atoms with Crippen molar-refractivity contribution >= 4 is 5.97 Å². The highest BCUT2D eigenvalue weighted by Crippen LogP contribution is 2.09. The van der Waals surface area contributed by atoms with Crippen molar-refractivity contribution in [2.45, 2.75) is 6.29 Å². The maximum Gasteiger partial charge on any atom is 0.329 e. The molecule has 0 radical (unpaired) electrons. The van der Waals surface area contributed by atoms with E-state index in [1.165, 1.54) is 7.11 Å². The lowest BCUT2D eigenvalue weighted by Gasteiger charge is -2.13. The topological polar surface area (TPSA) is 94.5 Å². The molecule has 1 rings (SSSR count). The minimum absolute atomic E-state index is 0.000255. The van der Waals surface area contributed by atoms with Crippen molar-refractivity contribution in [2.75, 3.05) is 40.1 Å². The molecule has 1 aromatic rings. The molecule has 1 atom stereocenters. The number of benzene rings is 1. The first-order chi connectivity index (χ1) is 11.1. The highest BCUT2D eigenvalue weighted by molar-refractivity contribution is 5.80. The predicted molar refractivity (Wildman–Crippen MR) is 84.0 cm³/mol.